The quantitative estimate of drug-likeness (QED) is 0.370. The van der Waals surface area contributed by atoms with Crippen LogP contribution in [0.25, 0.3) is 33.4 Å². The zero-order chi connectivity index (χ0) is 20.5. The third kappa shape index (κ3) is 3.61. The Labute approximate surface area is 172 Å². The molecule has 0 bridgehead atoms. The minimum absolute atomic E-state index is 0.221. The van der Waals surface area contributed by atoms with E-state index >= 15 is 0 Å². The van der Waals surface area contributed by atoms with E-state index in [2.05, 4.69) is 25.7 Å². The minimum Gasteiger partial charge on any atom is -0.611 e. The average Bonchev–Trinajstić information content (AvgIpc) is 3.37. The van der Waals surface area contributed by atoms with Gasteiger partial charge in [-0.3, -0.25) is 4.68 Å². The van der Waals surface area contributed by atoms with Gasteiger partial charge in [0.1, 0.15) is 5.75 Å². The van der Waals surface area contributed by atoms with Crippen LogP contribution in [0.3, 0.4) is 0 Å². The molecule has 12 heteroatoms. The molecule has 0 spiro atoms. The molecule has 0 amide bonds. The van der Waals surface area contributed by atoms with E-state index in [4.69, 9.17) is 10.9 Å². The number of aromatic amines is 1. The first-order chi connectivity index (χ1) is 14.0. The second kappa shape index (κ2) is 8.10. The van der Waals surface area contributed by atoms with E-state index in [0.29, 0.717) is 16.0 Å². The van der Waals surface area contributed by atoms with E-state index in [1.165, 1.54) is 0 Å². The van der Waals surface area contributed by atoms with Crippen molar-refractivity contribution in [2.75, 3.05) is 12.3 Å². The Hall–Kier alpha value is -2.48. The maximum absolute atomic E-state index is 12.7. The first-order valence-corrected chi connectivity index (χ1v) is 11.1. The van der Waals surface area contributed by atoms with Crippen LogP contribution in [-0.2, 0) is 29.6 Å². The van der Waals surface area contributed by atoms with Crippen molar-refractivity contribution in [3.8, 4) is 22.5 Å². The van der Waals surface area contributed by atoms with Gasteiger partial charge in [0.15, 0.2) is 5.82 Å². The molecule has 5 N–H and O–H groups in total. The van der Waals surface area contributed by atoms with Gasteiger partial charge in [-0.15, -0.1) is 10.2 Å². The molecule has 0 aliphatic rings. The predicted molar refractivity (Wildman–Crippen MR) is 110 cm³/mol. The Kier molecular flexibility index (Phi) is 5.54. The molecular weight excluding hydrogens is 412 g/mol. The number of nitrogens with one attached hydrogen (secondary N) is 1. The highest BCUT2D eigenvalue weighted by Gasteiger charge is 2.32. The number of hydrogen-bond acceptors (Lipinski definition) is 8. The number of hydrogen-bond donors (Lipinski definition) is 3. The third-order valence-corrected chi connectivity index (χ3v) is 6.90. The van der Waals surface area contributed by atoms with Crippen molar-refractivity contribution >= 4 is 33.4 Å². The van der Waals surface area contributed by atoms with Crippen molar-refractivity contribution in [2.24, 2.45) is 17.9 Å². The molecule has 29 heavy (non-hydrogen) atoms. The van der Waals surface area contributed by atoms with Gasteiger partial charge in [-0.05, 0) is 57.0 Å². The number of tetrazole rings is 1. The summed E-state index contributed by atoms with van der Waals surface area (Å²) in [4.78, 5) is 0.577. The minimum atomic E-state index is -1.93. The van der Waals surface area contributed by atoms with Gasteiger partial charge in [-0.1, -0.05) is 6.07 Å². The van der Waals surface area contributed by atoms with Crippen LogP contribution >= 0.6 is 0 Å². The van der Waals surface area contributed by atoms with E-state index in [1.54, 1.807) is 23.0 Å². The van der Waals surface area contributed by atoms with Crippen LogP contribution in [0.4, 0.5) is 0 Å². The van der Waals surface area contributed by atoms with Crippen LogP contribution in [0.2, 0.25) is 0 Å². The van der Waals surface area contributed by atoms with Crippen LogP contribution in [0, 0.1) is 0 Å². The fraction of sp³-hybridized carbons (Fsp3) is 0.176. The molecule has 0 aliphatic carbocycles. The number of benzene rings is 2. The van der Waals surface area contributed by atoms with Gasteiger partial charge in [-0.2, -0.15) is 5.10 Å². The highest BCUT2D eigenvalue weighted by Crippen LogP contribution is 2.39. The number of rotatable bonds is 6. The van der Waals surface area contributed by atoms with E-state index in [1.807, 2.05) is 25.2 Å². The highest BCUT2D eigenvalue weighted by atomic mass is 32.2. The second-order valence-corrected chi connectivity index (χ2v) is 8.78. The van der Waals surface area contributed by atoms with Gasteiger partial charge >= 0.3 is 0 Å². The van der Waals surface area contributed by atoms with E-state index < -0.39 is 22.5 Å². The van der Waals surface area contributed by atoms with Crippen LogP contribution in [0.1, 0.15) is 0 Å². The first kappa shape index (κ1) is 19.8. The second-order valence-electron chi connectivity index (χ2n) is 6.24. The summed E-state index contributed by atoms with van der Waals surface area (Å²) in [6.07, 6.45) is 1.77. The molecule has 4 rings (SSSR count). The lowest BCUT2D eigenvalue weighted by molar-refractivity contribution is 0.583. The molecule has 0 radical (unpaired) electrons. The lowest BCUT2D eigenvalue weighted by atomic mass is 9.98. The molecule has 0 aliphatic heterocycles. The number of aromatic nitrogens is 6. The molecular formula is C17H18N8O2S2. The Morgan fingerprint density at radius 1 is 1.21 bits per heavy atom. The first-order valence-electron chi connectivity index (χ1n) is 8.59. The molecule has 0 saturated heterocycles. The van der Waals surface area contributed by atoms with Gasteiger partial charge in [0, 0.05) is 19.0 Å². The largest absolute Gasteiger partial charge is 0.611 e. The predicted octanol–water partition coefficient (Wildman–Crippen LogP) is 0.468. The molecule has 150 valence electrons. The lowest BCUT2D eigenvalue weighted by Crippen LogP contribution is -2.22. The van der Waals surface area contributed by atoms with Crippen LogP contribution in [0.15, 0.2) is 46.3 Å². The fourth-order valence-electron chi connectivity index (χ4n) is 3.23. The summed E-state index contributed by atoms with van der Waals surface area (Å²) in [5.41, 5.74) is 8.51. The van der Waals surface area contributed by atoms with Crippen molar-refractivity contribution in [2.45, 2.75) is 9.79 Å². The normalized spacial score (nSPS) is 13.7. The van der Waals surface area contributed by atoms with Crippen molar-refractivity contribution in [1.82, 2.24) is 30.4 Å². The van der Waals surface area contributed by atoms with Gasteiger partial charge in [0.25, 0.3) is 0 Å². The summed E-state index contributed by atoms with van der Waals surface area (Å²) >= 11 is -3.40. The van der Waals surface area contributed by atoms with E-state index in [0.717, 1.165) is 16.5 Å². The molecule has 2 atom stereocenters. The Bertz CT molecular complexity index is 1150. The summed E-state index contributed by atoms with van der Waals surface area (Å²) in [6.45, 7) is 0.224. The van der Waals surface area contributed by atoms with Crippen LogP contribution in [-0.4, -0.2) is 51.8 Å². The molecule has 0 saturated carbocycles. The highest BCUT2D eigenvalue weighted by molar-refractivity contribution is 7.93. The maximum atomic E-state index is 12.7. The Balaban J connectivity index is 1.99. The molecule has 10 nitrogen and oxygen atoms in total. The number of nitrogens with two attached hydrogens (primary N) is 2. The summed E-state index contributed by atoms with van der Waals surface area (Å²) in [5, 5.41) is 24.9. The molecule has 2 aromatic heterocycles. The molecule has 2 unspecified atom stereocenters. The number of fused-ring (bicyclic) bond motifs is 1. The smallest absolute Gasteiger partial charge is 0.239 e. The van der Waals surface area contributed by atoms with Crippen molar-refractivity contribution < 1.29 is 9.11 Å². The summed E-state index contributed by atoms with van der Waals surface area (Å²) in [6, 6.07) is 9.30. The monoisotopic (exact) mass is 430 g/mol. The topological polar surface area (TPSA) is 170 Å². The third-order valence-electron chi connectivity index (χ3n) is 4.51. The standard InChI is InChI=1S/C17H18N8O2S2/c1-25-13-4-2-10(8-11(13)9-20-25)12-3-5-14(28(26)7-6-18)16(29(19)27)15(12)17-21-23-24-22-17/h2-5,8-9H,6-7,18-19H2,1H3,(H,21,22,23,24). The molecule has 4 aromatic rings. The van der Waals surface area contributed by atoms with E-state index in [-0.39, 0.29) is 23.0 Å². The molecule has 0 fully saturated rings. The van der Waals surface area contributed by atoms with Crippen LogP contribution in [0.5, 0.6) is 0 Å². The van der Waals surface area contributed by atoms with E-state index in [9.17, 15) is 9.11 Å². The lowest BCUT2D eigenvalue weighted by Gasteiger charge is -2.17. The summed E-state index contributed by atoms with van der Waals surface area (Å²) in [7, 11) is 1.87. The maximum Gasteiger partial charge on any atom is 0.239 e. The summed E-state index contributed by atoms with van der Waals surface area (Å²) < 4.78 is 27.0. The van der Waals surface area contributed by atoms with Crippen LogP contribution < -0.4 is 10.9 Å². The number of aryl methyl sites for hydroxylation is 1. The number of H-pyrrole nitrogens is 1. The van der Waals surface area contributed by atoms with Crippen molar-refractivity contribution in [3.63, 3.8) is 0 Å². The Morgan fingerprint density at radius 2 is 2.03 bits per heavy atom. The SMILES string of the molecule is Cn1ncc2cc(-c3ccc([S+]([O-])CCN)c([S+](N)[O-])c3-c3nnn[nH]3)ccc21. The van der Waals surface area contributed by atoms with Gasteiger partial charge < -0.3 is 14.8 Å². The zero-order valence-electron chi connectivity index (χ0n) is 15.4. The number of nitrogens with zero attached hydrogens (tertiary/aromatic N) is 5. The van der Waals surface area contributed by atoms with Gasteiger partial charge in [-0.25, -0.2) is 5.10 Å². The average molecular weight is 431 g/mol. The Morgan fingerprint density at radius 3 is 2.72 bits per heavy atom. The van der Waals surface area contributed by atoms with Gasteiger partial charge in [0.05, 0.1) is 28.6 Å². The summed E-state index contributed by atoms with van der Waals surface area (Å²) in [5.74, 6) is 0.505. The van der Waals surface area contributed by atoms with Crippen molar-refractivity contribution in [3.05, 3.63) is 36.5 Å². The fourth-order valence-corrected chi connectivity index (χ4v) is 5.39. The zero-order valence-corrected chi connectivity index (χ0v) is 17.0. The molecule has 2 aromatic carbocycles. The van der Waals surface area contributed by atoms with Crippen molar-refractivity contribution in [1.29, 1.82) is 0 Å². The molecule has 2 heterocycles. The van der Waals surface area contributed by atoms with Gasteiger partial charge in [0.2, 0.25) is 9.79 Å².